The van der Waals surface area contributed by atoms with E-state index >= 15 is 0 Å². The van der Waals surface area contributed by atoms with Gasteiger partial charge >= 0.3 is 6.03 Å². The van der Waals surface area contributed by atoms with Gasteiger partial charge in [0.1, 0.15) is 12.5 Å². The molecule has 1 saturated heterocycles. The zero-order valence-electron chi connectivity index (χ0n) is 24.2. The van der Waals surface area contributed by atoms with E-state index in [0.29, 0.717) is 44.4 Å². The maximum Gasteiger partial charge on any atom is 0.319 e. The molecule has 0 bridgehead atoms. The first kappa shape index (κ1) is 28.0. The summed E-state index contributed by atoms with van der Waals surface area (Å²) < 4.78 is 7.39. The van der Waals surface area contributed by atoms with Crippen molar-refractivity contribution < 1.29 is 14.3 Å². The summed E-state index contributed by atoms with van der Waals surface area (Å²) in [5, 5.41) is 9.40. The number of nitrogens with one attached hydrogen (secondary N) is 3. The van der Waals surface area contributed by atoms with Gasteiger partial charge in [0, 0.05) is 49.3 Å². The van der Waals surface area contributed by atoms with Crippen LogP contribution in [0.2, 0.25) is 0 Å². The smallest absolute Gasteiger partial charge is 0.319 e. The van der Waals surface area contributed by atoms with Crippen LogP contribution in [0.15, 0.2) is 85.5 Å². The zero-order valence-corrected chi connectivity index (χ0v) is 24.2. The van der Waals surface area contributed by atoms with Gasteiger partial charge in [-0.25, -0.2) is 14.8 Å². The summed E-state index contributed by atoms with van der Waals surface area (Å²) in [4.78, 5) is 38.6. The van der Waals surface area contributed by atoms with E-state index in [-0.39, 0.29) is 18.0 Å². The Morgan fingerprint density at radius 3 is 2.56 bits per heavy atom. The van der Waals surface area contributed by atoms with Crippen LogP contribution in [0.5, 0.6) is 0 Å². The number of hydrogen-bond acceptors (Lipinski definition) is 7. The largest absolute Gasteiger partial charge is 0.378 e. The summed E-state index contributed by atoms with van der Waals surface area (Å²) in [5.41, 5.74) is 4.90. The minimum Gasteiger partial charge on any atom is -0.378 e. The molecule has 2 aliphatic heterocycles. The molecule has 3 N–H and O–H groups in total. The molecule has 220 valence electrons. The van der Waals surface area contributed by atoms with E-state index in [1.54, 1.807) is 29.4 Å². The van der Waals surface area contributed by atoms with Crippen molar-refractivity contribution in [2.24, 2.45) is 0 Å². The molecule has 1 fully saturated rings. The van der Waals surface area contributed by atoms with E-state index in [9.17, 15) is 9.59 Å². The Morgan fingerprint density at radius 1 is 0.977 bits per heavy atom. The highest BCUT2D eigenvalue weighted by Gasteiger charge is 2.23. The molecular formula is C32H34N8O3. The Balaban J connectivity index is 1.18. The third-order valence-electron chi connectivity index (χ3n) is 7.63. The molecule has 2 aromatic heterocycles. The van der Waals surface area contributed by atoms with Crippen molar-refractivity contribution in [2.45, 2.75) is 26.6 Å². The highest BCUT2D eigenvalue weighted by molar-refractivity contribution is 5.94. The van der Waals surface area contributed by atoms with Crippen LogP contribution in [-0.2, 0) is 11.4 Å². The van der Waals surface area contributed by atoms with Crippen molar-refractivity contribution >= 4 is 34.8 Å². The number of carbonyl (C=O) groups excluding carboxylic acids is 2. The Bertz CT molecular complexity index is 1630. The number of nitrogens with zero attached hydrogens (tertiary/aromatic N) is 5. The first-order valence-corrected chi connectivity index (χ1v) is 14.3. The van der Waals surface area contributed by atoms with Crippen LogP contribution < -0.4 is 20.9 Å². The van der Waals surface area contributed by atoms with Crippen LogP contribution >= 0.6 is 0 Å². The van der Waals surface area contributed by atoms with E-state index in [2.05, 4.69) is 30.8 Å². The van der Waals surface area contributed by atoms with Crippen LogP contribution in [0.25, 0.3) is 5.70 Å². The summed E-state index contributed by atoms with van der Waals surface area (Å²) in [5.74, 6) is 1.32. The van der Waals surface area contributed by atoms with Crippen LogP contribution in [0.1, 0.15) is 40.3 Å². The van der Waals surface area contributed by atoms with Crippen LogP contribution in [0.4, 0.5) is 22.0 Å². The zero-order chi connectivity index (χ0) is 29.8. The fourth-order valence-electron chi connectivity index (χ4n) is 5.25. The summed E-state index contributed by atoms with van der Waals surface area (Å²) in [6.45, 7) is 6.75. The van der Waals surface area contributed by atoms with Gasteiger partial charge < -0.3 is 35.1 Å². The van der Waals surface area contributed by atoms with E-state index in [4.69, 9.17) is 4.74 Å². The maximum atomic E-state index is 12.9. The number of pyridine rings is 1. The molecule has 43 heavy (non-hydrogen) atoms. The minimum atomic E-state index is -0.272. The van der Waals surface area contributed by atoms with Crippen molar-refractivity contribution in [1.29, 1.82) is 0 Å². The van der Waals surface area contributed by atoms with E-state index in [0.717, 1.165) is 34.0 Å². The van der Waals surface area contributed by atoms with Crippen molar-refractivity contribution in [3.8, 4) is 0 Å². The Kier molecular flexibility index (Phi) is 8.05. The monoisotopic (exact) mass is 578 g/mol. The number of fused-ring (bicyclic) bond motifs is 1. The van der Waals surface area contributed by atoms with Gasteiger partial charge in [0.25, 0.3) is 5.91 Å². The molecule has 2 aliphatic rings. The molecule has 0 spiro atoms. The van der Waals surface area contributed by atoms with Gasteiger partial charge in [0.15, 0.2) is 5.82 Å². The molecule has 11 nitrogen and oxygen atoms in total. The Hall–Kier alpha value is -5.16. The number of rotatable bonds is 7. The van der Waals surface area contributed by atoms with Crippen LogP contribution in [0.3, 0.4) is 0 Å². The number of urea groups is 1. The molecule has 3 amide bonds. The van der Waals surface area contributed by atoms with Gasteiger partial charge in [-0.05, 0) is 49.2 Å². The predicted octanol–water partition coefficient (Wildman–Crippen LogP) is 4.83. The summed E-state index contributed by atoms with van der Waals surface area (Å²) in [6, 6.07) is 18.9. The molecule has 0 radical (unpaired) electrons. The molecular weight excluding hydrogens is 544 g/mol. The third kappa shape index (κ3) is 6.21. The lowest BCUT2D eigenvalue weighted by Gasteiger charge is -2.30. The average molecular weight is 579 g/mol. The lowest BCUT2D eigenvalue weighted by atomic mass is 10.1. The molecule has 0 unspecified atom stereocenters. The lowest BCUT2D eigenvalue weighted by Crippen LogP contribution is -2.40. The Labute approximate surface area is 250 Å². The van der Waals surface area contributed by atoms with E-state index < -0.39 is 0 Å². The first-order valence-electron chi connectivity index (χ1n) is 14.3. The number of hydrogen-bond donors (Lipinski definition) is 3. The molecule has 0 saturated carbocycles. The fraction of sp³-hybridized carbons (Fsp3) is 0.250. The third-order valence-corrected chi connectivity index (χ3v) is 7.63. The van der Waals surface area contributed by atoms with Crippen molar-refractivity contribution in [3.63, 3.8) is 0 Å². The molecule has 6 rings (SSSR count). The number of anilines is 3. The van der Waals surface area contributed by atoms with Gasteiger partial charge in [-0.2, -0.15) is 0 Å². The van der Waals surface area contributed by atoms with E-state index in [1.165, 1.54) is 0 Å². The van der Waals surface area contributed by atoms with Crippen molar-refractivity contribution in [3.05, 3.63) is 108 Å². The lowest BCUT2D eigenvalue weighted by molar-refractivity contribution is 0.0302. The van der Waals surface area contributed by atoms with E-state index in [1.807, 2.05) is 79.3 Å². The van der Waals surface area contributed by atoms with Crippen LogP contribution in [0, 0.1) is 6.92 Å². The normalized spacial score (nSPS) is 15.3. The quantitative estimate of drug-likeness (QED) is 0.288. The fourth-order valence-corrected chi connectivity index (χ4v) is 5.25. The summed E-state index contributed by atoms with van der Waals surface area (Å²) in [7, 11) is 0. The number of imidazole rings is 1. The molecule has 4 heterocycles. The predicted molar refractivity (Wildman–Crippen MR) is 165 cm³/mol. The molecule has 1 atom stereocenters. The molecule has 4 aromatic rings. The van der Waals surface area contributed by atoms with Gasteiger partial charge in [-0.1, -0.05) is 36.4 Å². The number of amides is 3. The van der Waals surface area contributed by atoms with Crippen molar-refractivity contribution in [2.75, 3.05) is 41.8 Å². The number of carbonyl (C=O) groups is 2. The minimum absolute atomic E-state index is 0.0480. The number of benzene rings is 2. The summed E-state index contributed by atoms with van der Waals surface area (Å²) in [6.07, 6.45) is 7.26. The standard InChI is InChI=1S/C32H34N8O3/c1-22-26(37-32(42)35-23(2)24-7-4-3-5-8-24)9-6-10-28(22)40-20-27(30-33-13-14-39(30)21-40)36-29-12-11-25(19-34-29)31(41)38-15-17-43-18-16-38/h3-14,19-20,23H,15-18,21H2,1-2H3,(H,34,36)(H2,35,37,42)/t23-/m0/s1. The Morgan fingerprint density at radius 2 is 1.79 bits per heavy atom. The summed E-state index contributed by atoms with van der Waals surface area (Å²) >= 11 is 0. The second-order valence-electron chi connectivity index (χ2n) is 10.5. The molecule has 0 aliphatic carbocycles. The number of ether oxygens (including phenoxy) is 1. The SMILES string of the molecule is Cc1c(NC(=O)N[C@@H](C)c2ccccc2)cccc1N1C=C(Nc2ccc(C(=O)N3CCOCC3)cn2)c2nccn2C1. The van der Waals surface area contributed by atoms with Crippen LogP contribution in [-0.4, -0.2) is 57.7 Å². The highest BCUT2D eigenvalue weighted by atomic mass is 16.5. The van der Waals surface area contributed by atoms with Gasteiger partial charge in [-0.15, -0.1) is 0 Å². The topological polar surface area (TPSA) is 117 Å². The number of morpholine rings is 1. The van der Waals surface area contributed by atoms with Crippen molar-refractivity contribution in [1.82, 2.24) is 24.8 Å². The molecule has 2 aromatic carbocycles. The maximum absolute atomic E-state index is 12.9. The molecule has 11 heteroatoms. The second-order valence-corrected chi connectivity index (χ2v) is 10.5. The second kappa shape index (κ2) is 12.4. The highest BCUT2D eigenvalue weighted by Crippen LogP contribution is 2.32. The van der Waals surface area contributed by atoms with Gasteiger partial charge in [-0.3, -0.25) is 4.79 Å². The number of aromatic nitrogens is 3. The average Bonchev–Trinajstić information content (AvgIpc) is 3.52. The van der Waals surface area contributed by atoms with Gasteiger partial charge in [0.2, 0.25) is 0 Å². The first-order chi connectivity index (χ1) is 21.0. The van der Waals surface area contributed by atoms with Gasteiger partial charge in [0.05, 0.1) is 30.5 Å².